The van der Waals surface area contributed by atoms with E-state index in [0.29, 0.717) is 12.1 Å². The number of hydrogen-bond acceptors (Lipinski definition) is 1. The fraction of sp³-hybridized carbons (Fsp3) is 0.947. The van der Waals surface area contributed by atoms with Crippen LogP contribution in [0, 0.1) is 11.8 Å². The number of piperidine rings is 1. The third-order valence-electron chi connectivity index (χ3n) is 5.30. The SMILES string of the molecule is CC1CCCCCC2C(CCC(=NC(C)C)N2C(C)C)C1. The van der Waals surface area contributed by atoms with E-state index in [9.17, 15) is 0 Å². The highest BCUT2D eigenvalue weighted by molar-refractivity contribution is 5.84. The predicted molar refractivity (Wildman–Crippen MR) is 92.9 cm³/mol. The summed E-state index contributed by atoms with van der Waals surface area (Å²) in [5.74, 6) is 3.20. The average molecular weight is 293 g/mol. The van der Waals surface area contributed by atoms with Gasteiger partial charge in [0, 0.05) is 24.5 Å². The van der Waals surface area contributed by atoms with Gasteiger partial charge >= 0.3 is 0 Å². The van der Waals surface area contributed by atoms with E-state index in [4.69, 9.17) is 4.99 Å². The summed E-state index contributed by atoms with van der Waals surface area (Å²) in [7, 11) is 0. The first-order valence-electron chi connectivity index (χ1n) is 9.34. The van der Waals surface area contributed by atoms with Crippen LogP contribution in [-0.2, 0) is 0 Å². The summed E-state index contributed by atoms with van der Waals surface area (Å²) in [5, 5.41) is 0. The van der Waals surface area contributed by atoms with E-state index in [1.165, 1.54) is 57.2 Å². The molecule has 2 fully saturated rings. The maximum Gasteiger partial charge on any atom is 0.0997 e. The van der Waals surface area contributed by atoms with Crippen molar-refractivity contribution in [2.24, 2.45) is 16.8 Å². The minimum Gasteiger partial charge on any atom is -0.355 e. The maximum absolute atomic E-state index is 4.97. The van der Waals surface area contributed by atoms with Crippen molar-refractivity contribution in [3.05, 3.63) is 0 Å². The highest BCUT2D eigenvalue weighted by Gasteiger charge is 2.36. The second-order valence-electron chi connectivity index (χ2n) is 7.99. The normalized spacial score (nSPS) is 33.8. The Morgan fingerprint density at radius 2 is 1.71 bits per heavy atom. The third-order valence-corrected chi connectivity index (χ3v) is 5.30. The molecule has 0 aromatic heterocycles. The summed E-state index contributed by atoms with van der Waals surface area (Å²) in [6, 6.07) is 1.76. The first kappa shape index (κ1) is 16.8. The van der Waals surface area contributed by atoms with Gasteiger partial charge in [-0.25, -0.2) is 0 Å². The molecule has 3 atom stereocenters. The largest absolute Gasteiger partial charge is 0.355 e. The van der Waals surface area contributed by atoms with Gasteiger partial charge in [-0.15, -0.1) is 0 Å². The van der Waals surface area contributed by atoms with Crippen LogP contribution in [0.15, 0.2) is 4.99 Å². The van der Waals surface area contributed by atoms with Crippen molar-refractivity contribution in [1.29, 1.82) is 0 Å². The van der Waals surface area contributed by atoms with Crippen LogP contribution in [-0.4, -0.2) is 28.9 Å². The van der Waals surface area contributed by atoms with Crippen molar-refractivity contribution in [2.45, 2.75) is 104 Å². The van der Waals surface area contributed by atoms with Gasteiger partial charge in [-0.05, 0) is 58.8 Å². The topological polar surface area (TPSA) is 15.6 Å². The average Bonchev–Trinajstić information content (AvgIpc) is 2.47. The standard InChI is InChI=1S/C19H36N2/c1-14(2)20-19-12-11-17-13-16(5)9-7-6-8-10-18(17)21(19)15(3)4/h14-18H,6-13H2,1-5H3. The lowest BCUT2D eigenvalue weighted by molar-refractivity contribution is 0.131. The van der Waals surface area contributed by atoms with Crippen LogP contribution in [0.1, 0.15) is 86.0 Å². The molecule has 3 unspecified atom stereocenters. The maximum atomic E-state index is 4.97. The molecule has 1 heterocycles. The summed E-state index contributed by atoms with van der Waals surface area (Å²) in [6.45, 7) is 11.6. The Labute approximate surface area is 132 Å². The summed E-state index contributed by atoms with van der Waals surface area (Å²) >= 11 is 0. The number of hydrogen-bond donors (Lipinski definition) is 0. The molecule has 1 aliphatic heterocycles. The smallest absolute Gasteiger partial charge is 0.0997 e. The van der Waals surface area contributed by atoms with Crippen LogP contribution in [0.3, 0.4) is 0 Å². The number of rotatable bonds is 2. The van der Waals surface area contributed by atoms with Crippen LogP contribution in [0.5, 0.6) is 0 Å². The lowest BCUT2D eigenvalue weighted by atomic mass is 9.80. The Bertz CT molecular complexity index is 345. The third kappa shape index (κ3) is 4.47. The highest BCUT2D eigenvalue weighted by atomic mass is 15.2. The minimum absolute atomic E-state index is 0.424. The van der Waals surface area contributed by atoms with Crippen LogP contribution >= 0.6 is 0 Å². The van der Waals surface area contributed by atoms with E-state index in [-0.39, 0.29) is 0 Å². The molecule has 0 bridgehead atoms. The first-order chi connectivity index (χ1) is 9.99. The van der Waals surface area contributed by atoms with Crippen molar-refractivity contribution in [2.75, 3.05) is 0 Å². The summed E-state index contributed by atoms with van der Waals surface area (Å²) in [4.78, 5) is 7.67. The molecule has 2 aliphatic rings. The number of likely N-dealkylation sites (tertiary alicyclic amines) is 1. The van der Waals surface area contributed by atoms with Gasteiger partial charge in [0.15, 0.2) is 0 Å². The summed E-state index contributed by atoms with van der Waals surface area (Å²) in [6.07, 6.45) is 11.1. The first-order valence-corrected chi connectivity index (χ1v) is 9.34. The molecule has 1 saturated heterocycles. The van der Waals surface area contributed by atoms with Gasteiger partial charge < -0.3 is 4.90 Å². The molecule has 0 spiro atoms. The van der Waals surface area contributed by atoms with E-state index in [0.717, 1.165) is 17.9 Å². The number of aliphatic imine (C=N–C) groups is 1. The zero-order chi connectivity index (χ0) is 15.4. The van der Waals surface area contributed by atoms with Crippen LogP contribution in [0.2, 0.25) is 0 Å². The second-order valence-corrected chi connectivity index (χ2v) is 7.99. The quantitative estimate of drug-likeness (QED) is 0.676. The van der Waals surface area contributed by atoms with Gasteiger partial charge in [0.2, 0.25) is 0 Å². The molecule has 1 aliphatic carbocycles. The zero-order valence-corrected chi connectivity index (χ0v) is 14.9. The van der Waals surface area contributed by atoms with Crippen molar-refractivity contribution in [3.63, 3.8) is 0 Å². The Kier molecular flexibility index (Phi) is 6.13. The van der Waals surface area contributed by atoms with Gasteiger partial charge in [0.1, 0.15) is 0 Å². The molecule has 0 N–H and O–H groups in total. The van der Waals surface area contributed by atoms with Gasteiger partial charge in [0.05, 0.1) is 5.84 Å². The van der Waals surface area contributed by atoms with Crippen molar-refractivity contribution in [3.8, 4) is 0 Å². The molecule has 0 aromatic rings. The van der Waals surface area contributed by atoms with E-state index in [1.54, 1.807) is 0 Å². The molecule has 1 saturated carbocycles. The Morgan fingerprint density at radius 1 is 1.00 bits per heavy atom. The van der Waals surface area contributed by atoms with Crippen LogP contribution < -0.4 is 0 Å². The fourth-order valence-electron chi connectivity index (χ4n) is 4.47. The van der Waals surface area contributed by atoms with E-state index in [2.05, 4.69) is 39.5 Å². The molecule has 0 radical (unpaired) electrons. The number of fused-ring (bicyclic) bond motifs is 1. The summed E-state index contributed by atoms with van der Waals surface area (Å²) < 4.78 is 0. The molecular weight excluding hydrogens is 256 g/mol. The van der Waals surface area contributed by atoms with E-state index < -0.39 is 0 Å². The van der Waals surface area contributed by atoms with Gasteiger partial charge in [0.25, 0.3) is 0 Å². The monoisotopic (exact) mass is 292 g/mol. The second kappa shape index (κ2) is 7.65. The molecule has 122 valence electrons. The van der Waals surface area contributed by atoms with Gasteiger partial charge in [-0.1, -0.05) is 32.6 Å². The molecular formula is C19H36N2. The van der Waals surface area contributed by atoms with Gasteiger partial charge in [-0.3, -0.25) is 4.99 Å². The molecule has 21 heavy (non-hydrogen) atoms. The highest BCUT2D eigenvalue weighted by Crippen LogP contribution is 2.37. The summed E-state index contributed by atoms with van der Waals surface area (Å²) in [5.41, 5.74) is 0. The number of amidine groups is 1. The van der Waals surface area contributed by atoms with Crippen molar-refractivity contribution < 1.29 is 0 Å². The van der Waals surface area contributed by atoms with E-state index in [1.807, 2.05) is 0 Å². The van der Waals surface area contributed by atoms with Crippen molar-refractivity contribution in [1.82, 2.24) is 4.90 Å². The minimum atomic E-state index is 0.424. The zero-order valence-electron chi connectivity index (χ0n) is 14.9. The Balaban J connectivity index is 2.22. The lowest BCUT2D eigenvalue weighted by Gasteiger charge is -2.46. The fourth-order valence-corrected chi connectivity index (χ4v) is 4.47. The van der Waals surface area contributed by atoms with Crippen molar-refractivity contribution >= 4 is 5.84 Å². The molecule has 2 nitrogen and oxygen atoms in total. The molecule has 2 heteroatoms. The lowest BCUT2D eigenvalue weighted by Crippen LogP contribution is -2.52. The van der Waals surface area contributed by atoms with Gasteiger partial charge in [-0.2, -0.15) is 0 Å². The number of nitrogens with zero attached hydrogens (tertiary/aromatic N) is 2. The Hall–Kier alpha value is -0.530. The predicted octanol–water partition coefficient (Wildman–Crippen LogP) is 5.27. The molecule has 0 amide bonds. The molecule has 2 rings (SSSR count). The van der Waals surface area contributed by atoms with E-state index >= 15 is 0 Å². The van der Waals surface area contributed by atoms with Crippen LogP contribution in [0.25, 0.3) is 0 Å². The van der Waals surface area contributed by atoms with Crippen LogP contribution in [0.4, 0.5) is 0 Å². The Morgan fingerprint density at radius 3 is 2.38 bits per heavy atom. The molecule has 0 aromatic carbocycles.